The summed E-state index contributed by atoms with van der Waals surface area (Å²) in [7, 11) is 0. The van der Waals surface area contributed by atoms with E-state index < -0.39 is 6.04 Å². The van der Waals surface area contributed by atoms with E-state index in [1.807, 2.05) is 13.8 Å². The average molecular weight is 312 g/mol. The molecule has 0 aliphatic heterocycles. The second kappa shape index (κ2) is 7.24. The first-order valence-electron chi connectivity index (χ1n) is 6.74. The van der Waals surface area contributed by atoms with Crippen molar-refractivity contribution >= 4 is 23.2 Å². The number of halogens is 1. The number of hydrogen-bond acceptors (Lipinski definition) is 4. The van der Waals surface area contributed by atoms with Crippen molar-refractivity contribution in [1.29, 1.82) is 0 Å². The largest absolute Gasteiger partial charge is 0.360 e. The highest BCUT2D eigenvalue weighted by Crippen LogP contribution is 2.17. The molecule has 1 N–H and O–H groups in total. The number of carbonyl (C=O) groups is 1. The highest BCUT2D eigenvalue weighted by atomic mass is 35.5. The quantitative estimate of drug-likeness (QED) is 0.851. The summed E-state index contributed by atoms with van der Waals surface area (Å²) in [6.45, 7) is 4.80. The van der Waals surface area contributed by atoms with Gasteiger partial charge in [0.15, 0.2) is 0 Å². The number of carbonyl (C=O) groups excluding carboxylic acids is 1. The second-order valence-electron chi connectivity index (χ2n) is 4.44. The van der Waals surface area contributed by atoms with Crippen molar-refractivity contribution in [2.24, 2.45) is 0 Å². The van der Waals surface area contributed by atoms with E-state index >= 15 is 0 Å². The first kappa shape index (κ1) is 15.5. The lowest BCUT2D eigenvalue weighted by atomic mass is 10.2. The summed E-state index contributed by atoms with van der Waals surface area (Å²) in [5.74, 6) is -0.159. The van der Waals surface area contributed by atoms with Crippen molar-refractivity contribution in [2.45, 2.75) is 33.0 Å². The molecule has 1 unspecified atom stereocenters. The molecule has 1 amide bonds. The van der Waals surface area contributed by atoms with Gasteiger partial charge >= 0.3 is 0 Å². The maximum absolute atomic E-state index is 12.3. The summed E-state index contributed by atoms with van der Waals surface area (Å²) < 4.78 is 8.41. The van der Waals surface area contributed by atoms with Crippen LogP contribution in [0.1, 0.15) is 26.3 Å². The molecule has 21 heavy (non-hydrogen) atoms. The summed E-state index contributed by atoms with van der Waals surface area (Å²) >= 11 is 5.84. The maximum atomic E-state index is 12.3. The topological polar surface area (TPSA) is 74.0 Å². The van der Waals surface area contributed by atoms with Crippen molar-refractivity contribution in [3.8, 4) is 0 Å². The molecule has 2 aromatic rings. The van der Waals surface area contributed by atoms with Crippen LogP contribution in [0.4, 0.5) is 5.69 Å². The van der Waals surface area contributed by atoms with Gasteiger partial charge in [-0.1, -0.05) is 18.5 Å². The second-order valence-corrected chi connectivity index (χ2v) is 4.88. The normalized spacial score (nSPS) is 12.3. The average Bonchev–Trinajstić information content (AvgIpc) is 3.07. The molecule has 1 atom stereocenters. The number of rotatable bonds is 7. The number of ether oxygens (including phenoxy) is 1. The van der Waals surface area contributed by atoms with Crippen molar-refractivity contribution in [2.75, 3.05) is 11.9 Å². The molecule has 0 aromatic carbocycles. The van der Waals surface area contributed by atoms with Gasteiger partial charge in [0.2, 0.25) is 5.91 Å². The minimum Gasteiger partial charge on any atom is -0.360 e. The molecule has 0 bridgehead atoms. The summed E-state index contributed by atoms with van der Waals surface area (Å²) in [6, 6.07) is -0.409. The maximum Gasteiger partial charge on any atom is 0.249 e. The van der Waals surface area contributed by atoms with Gasteiger partial charge < -0.3 is 10.1 Å². The van der Waals surface area contributed by atoms with Gasteiger partial charge in [0.05, 0.1) is 29.3 Å². The van der Waals surface area contributed by atoms with Crippen LogP contribution in [0, 0.1) is 0 Å². The van der Waals surface area contributed by atoms with E-state index in [1.54, 1.807) is 28.0 Å². The summed E-state index contributed by atoms with van der Waals surface area (Å²) in [4.78, 5) is 12.3. The Morgan fingerprint density at radius 2 is 2.19 bits per heavy atom. The molecule has 2 heterocycles. The van der Waals surface area contributed by atoms with Gasteiger partial charge in [-0.25, -0.2) is 4.68 Å². The van der Waals surface area contributed by atoms with E-state index in [1.165, 1.54) is 6.20 Å². The molecule has 114 valence electrons. The minimum absolute atomic E-state index is 0.159. The summed E-state index contributed by atoms with van der Waals surface area (Å²) in [5, 5.41) is 11.5. The third-order valence-electron chi connectivity index (χ3n) is 2.91. The van der Waals surface area contributed by atoms with Crippen LogP contribution < -0.4 is 5.32 Å². The van der Waals surface area contributed by atoms with Gasteiger partial charge in [-0.2, -0.15) is 10.2 Å². The van der Waals surface area contributed by atoms with Crippen molar-refractivity contribution in [3.05, 3.63) is 29.8 Å². The number of nitrogens with one attached hydrogen (secondary N) is 1. The molecular weight excluding hydrogens is 294 g/mol. The zero-order valence-corrected chi connectivity index (χ0v) is 12.7. The molecule has 0 aliphatic rings. The van der Waals surface area contributed by atoms with Crippen LogP contribution in [0.15, 0.2) is 24.8 Å². The Hall–Kier alpha value is -1.86. The standard InChI is InChI=1S/C13H18ClN5O2/c1-3-12(19-7-10(14)5-16-19)13(20)17-11-6-15-18(8-11)9-21-4-2/h5-8,12H,3-4,9H2,1-2H3,(H,17,20). The van der Waals surface area contributed by atoms with Gasteiger partial charge in [-0.3, -0.25) is 9.48 Å². The number of anilines is 1. The molecule has 8 heteroatoms. The van der Waals surface area contributed by atoms with Crippen LogP contribution in [0.2, 0.25) is 5.02 Å². The molecule has 0 saturated carbocycles. The third kappa shape index (κ3) is 4.05. The molecule has 2 rings (SSSR count). The fourth-order valence-electron chi connectivity index (χ4n) is 1.89. The Kier molecular flexibility index (Phi) is 5.35. The Labute approximate surface area is 127 Å². The fraction of sp³-hybridized carbons (Fsp3) is 0.462. The lowest BCUT2D eigenvalue weighted by Crippen LogP contribution is -2.25. The zero-order valence-electron chi connectivity index (χ0n) is 12.0. The van der Waals surface area contributed by atoms with Crippen molar-refractivity contribution in [3.63, 3.8) is 0 Å². The van der Waals surface area contributed by atoms with E-state index in [0.717, 1.165) is 0 Å². The van der Waals surface area contributed by atoms with Gasteiger partial charge in [-0.05, 0) is 13.3 Å². The van der Waals surface area contributed by atoms with Gasteiger partial charge in [0.25, 0.3) is 0 Å². The Morgan fingerprint density at radius 3 is 2.81 bits per heavy atom. The summed E-state index contributed by atoms with van der Waals surface area (Å²) in [5.41, 5.74) is 0.622. The molecule has 0 aliphatic carbocycles. The van der Waals surface area contributed by atoms with E-state index in [4.69, 9.17) is 16.3 Å². The Morgan fingerprint density at radius 1 is 1.38 bits per heavy atom. The van der Waals surface area contributed by atoms with Crippen molar-refractivity contribution < 1.29 is 9.53 Å². The molecule has 7 nitrogen and oxygen atoms in total. The molecule has 0 fully saturated rings. The van der Waals surface area contributed by atoms with Crippen LogP contribution >= 0.6 is 11.6 Å². The van der Waals surface area contributed by atoms with Gasteiger partial charge in [0.1, 0.15) is 12.8 Å². The fourth-order valence-corrected chi connectivity index (χ4v) is 2.03. The third-order valence-corrected chi connectivity index (χ3v) is 3.10. The van der Waals surface area contributed by atoms with E-state index in [-0.39, 0.29) is 5.91 Å². The minimum atomic E-state index is -0.409. The monoisotopic (exact) mass is 311 g/mol. The Bertz CT molecular complexity index is 595. The highest BCUT2D eigenvalue weighted by Gasteiger charge is 2.20. The molecule has 0 radical (unpaired) electrons. The summed E-state index contributed by atoms with van der Waals surface area (Å²) in [6.07, 6.45) is 7.05. The lowest BCUT2D eigenvalue weighted by Gasteiger charge is -2.14. The predicted molar refractivity (Wildman–Crippen MR) is 79.0 cm³/mol. The molecule has 0 saturated heterocycles. The highest BCUT2D eigenvalue weighted by molar-refractivity contribution is 6.30. The van der Waals surface area contributed by atoms with Crippen molar-refractivity contribution in [1.82, 2.24) is 19.6 Å². The SMILES string of the molecule is CCOCn1cc(NC(=O)C(CC)n2cc(Cl)cn2)cn1. The number of nitrogens with zero attached hydrogens (tertiary/aromatic N) is 4. The van der Waals surface area contributed by atoms with Gasteiger partial charge in [-0.15, -0.1) is 0 Å². The first-order chi connectivity index (χ1) is 10.1. The van der Waals surface area contributed by atoms with Gasteiger partial charge in [0, 0.05) is 12.8 Å². The van der Waals surface area contributed by atoms with Crippen LogP contribution in [0.5, 0.6) is 0 Å². The van der Waals surface area contributed by atoms with Crippen LogP contribution in [0.25, 0.3) is 0 Å². The zero-order chi connectivity index (χ0) is 15.2. The number of hydrogen-bond donors (Lipinski definition) is 1. The van der Waals surface area contributed by atoms with Crippen LogP contribution in [0.3, 0.4) is 0 Å². The molecular formula is C13H18ClN5O2. The first-order valence-corrected chi connectivity index (χ1v) is 7.12. The number of amides is 1. The van der Waals surface area contributed by atoms with Crippen LogP contribution in [-0.4, -0.2) is 32.1 Å². The molecule has 0 spiro atoms. The lowest BCUT2D eigenvalue weighted by molar-refractivity contribution is -0.119. The number of aromatic nitrogens is 4. The molecule has 2 aromatic heterocycles. The van der Waals surface area contributed by atoms with E-state index in [0.29, 0.717) is 30.5 Å². The Balaban J connectivity index is 2.00. The van der Waals surface area contributed by atoms with E-state index in [2.05, 4.69) is 15.5 Å². The van der Waals surface area contributed by atoms with E-state index in [9.17, 15) is 4.79 Å². The van der Waals surface area contributed by atoms with Crippen LogP contribution in [-0.2, 0) is 16.3 Å². The predicted octanol–water partition coefficient (Wildman–Crippen LogP) is 2.32. The smallest absolute Gasteiger partial charge is 0.249 e.